The molecule has 2 aromatic rings. The van der Waals surface area contributed by atoms with Crippen LogP contribution in [0.3, 0.4) is 0 Å². The molecule has 1 saturated carbocycles. The van der Waals surface area contributed by atoms with Crippen LogP contribution in [0, 0.1) is 0 Å². The lowest BCUT2D eigenvalue weighted by Crippen LogP contribution is -2.39. The second-order valence-electron chi connectivity index (χ2n) is 6.46. The Hall–Kier alpha value is -2.13. The van der Waals surface area contributed by atoms with Crippen molar-refractivity contribution in [2.45, 2.75) is 38.8 Å². The Morgan fingerprint density at radius 1 is 1.09 bits per heavy atom. The molecule has 1 aliphatic rings. The Labute approximate surface area is 138 Å². The van der Waals surface area contributed by atoms with E-state index >= 15 is 0 Å². The monoisotopic (exact) mass is 308 g/mol. The molecule has 0 atom stereocenters. The fraction of sp³-hybridized carbons (Fsp3) is 0.350. The van der Waals surface area contributed by atoms with Gasteiger partial charge in [0.05, 0.1) is 6.54 Å². The summed E-state index contributed by atoms with van der Waals surface area (Å²) in [5.74, 6) is 0.0639. The Morgan fingerprint density at radius 3 is 2.39 bits per heavy atom. The largest absolute Gasteiger partial charge is 0.324 e. The summed E-state index contributed by atoms with van der Waals surface area (Å²) < 4.78 is 0. The zero-order chi connectivity index (χ0) is 16.2. The van der Waals surface area contributed by atoms with Gasteiger partial charge in [-0.25, -0.2) is 0 Å². The van der Waals surface area contributed by atoms with Gasteiger partial charge in [0.1, 0.15) is 0 Å². The molecule has 0 spiro atoms. The lowest BCUT2D eigenvalue weighted by atomic mass is 10.0. The van der Waals surface area contributed by atoms with E-state index < -0.39 is 0 Å². The van der Waals surface area contributed by atoms with E-state index in [2.05, 4.69) is 36.2 Å². The van der Waals surface area contributed by atoms with E-state index in [4.69, 9.17) is 0 Å². The molecule has 120 valence electrons. The number of nitrogens with one attached hydrogen (secondary N) is 1. The van der Waals surface area contributed by atoms with Crippen LogP contribution in [0.15, 0.2) is 54.6 Å². The standard InChI is InChI=1S/C20H24N2O/c1-15(2)22(17-12-13-17)14-20(23)21-19-11-7-6-10-18(19)16-8-4-3-5-9-16/h3-11,15,17H,12-14H2,1-2H3,(H,21,23). The number of rotatable bonds is 6. The topological polar surface area (TPSA) is 32.3 Å². The molecule has 0 aromatic heterocycles. The van der Waals surface area contributed by atoms with Crippen molar-refractivity contribution >= 4 is 11.6 Å². The van der Waals surface area contributed by atoms with Gasteiger partial charge in [-0.1, -0.05) is 48.5 Å². The fourth-order valence-corrected chi connectivity index (χ4v) is 2.96. The number of carbonyl (C=O) groups is 1. The third-order valence-electron chi connectivity index (χ3n) is 4.29. The summed E-state index contributed by atoms with van der Waals surface area (Å²) in [7, 11) is 0. The number of nitrogens with zero attached hydrogens (tertiary/aromatic N) is 1. The molecule has 0 radical (unpaired) electrons. The Kier molecular flexibility index (Phi) is 4.77. The summed E-state index contributed by atoms with van der Waals surface area (Å²) in [6.07, 6.45) is 2.43. The molecule has 1 N–H and O–H groups in total. The molecule has 0 saturated heterocycles. The minimum absolute atomic E-state index is 0.0639. The number of para-hydroxylation sites is 1. The highest BCUT2D eigenvalue weighted by molar-refractivity contribution is 5.96. The van der Waals surface area contributed by atoms with Gasteiger partial charge < -0.3 is 5.32 Å². The molecule has 0 bridgehead atoms. The third kappa shape index (κ3) is 3.99. The van der Waals surface area contributed by atoms with Crippen molar-refractivity contribution in [1.29, 1.82) is 0 Å². The van der Waals surface area contributed by atoms with Gasteiger partial charge >= 0.3 is 0 Å². The number of amides is 1. The lowest BCUT2D eigenvalue weighted by molar-refractivity contribution is -0.117. The average Bonchev–Trinajstić information content (AvgIpc) is 3.38. The SMILES string of the molecule is CC(C)N(CC(=O)Nc1ccccc1-c1ccccc1)C1CC1. The summed E-state index contributed by atoms with van der Waals surface area (Å²) in [6.45, 7) is 4.78. The van der Waals surface area contributed by atoms with Crippen LogP contribution in [0.4, 0.5) is 5.69 Å². The second kappa shape index (κ2) is 6.97. The van der Waals surface area contributed by atoms with E-state index in [1.807, 2.05) is 42.5 Å². The zero-order valence-corrected chi connectivity index (χ0v) is 13.8. The van der Waals surface area contributed by atoms with E-state index in [-0.39, 0.29) is 5.91 Å². The number of carbonyl (C=O) groups excluding carboxylic acids is 1. The van der Waals surface area contributed by atoms with Crippen LogP contribution in [0.25, 0.3) is 11.1 Å². The molecule has 3 nitrogen and oxygen atoms in total. The second-order valence-corrected chi connectivity index (χ2v) is 6.46. The van der Waals surface area contributed by atoms with Gasteiger partial charge in [-0.15, -0.1) is 0 Å². The first-order valence-corrected chi connectivity index (χ1v) is 8.35. The van der Waals surface area contributed by atoms with E-state index in [0.29, 0.717) is 18.6 Å². The van der Waals surface area contributed by atoms with E-state index in [9.17, 15) is 4.79 Å². The molecule has 2 aromatic carbocycles. The molecule has 23 heavy (non-hydrogen) atoms. The molecule has 1 aliphatic carbocycles. The lowest BCUT2D eigenvalue weighted by Gasteiger charge is -2.25. The maximum atomic E-state index is 12.5. The van der Waals surface area contributed by atoms with Crippen molar-refractivity contribution < 1.29 is 4.79 Å². The van der Waals surface area contributed by atoms with Crippen LogP contribution in [-0.2, 0) is 4.79 Å². The molecule has 0 aliphatic heterocycles. The molecular weight excluding hydrogens is 284 g/mol. The molecule has 0 unspecified atom stereocenters. The van der Waals surface area contributed by atoms with Crippen LogP contribution in [0.5, 0.6) is 0 Å². The summed E-state index contributed by atoms with van der Waals surface area (Å²) in [4.78, 5) is 14.8. The van der Waals surface area contributed by atoms with Crippen LogP contribution < -0.4 is 5.32 Å². The summed E-state index contributed by atoms with van der Waals surface area (Å²) >= 11 is 0. The normalized spacial score (nSPS) is 14.3. The van der Waals surface area contributed by atoms with E-state index in [0.717, 1.165) is 16.8 Å². The van der Waals surface area contributed by atoms with Gasteiger partial charge in [-0.2, -0.15) is 0 Å². The van der Waals surface area contributed by atoms with Crippen molar-refractivity contribution in [1.82, 2.24) is 4.90 Å². The van der Waals surface area contributed by atoms with Crippen molar-refractivity contribution in [3.8, 4) is 11.1 Å². The van der Waals surface area contributed by atoms with Gasteiger partial charge in [-0.05, 0) is 38.3 Å². The van der Waals surface area contributed by atoms with Gasteiger partial charge in [0.15, 0.2) is 0 Å². The van der Waals surface area contributed by atoms with Gasteiger partial charge in [0.2, 0.25) is 5.91 Å². The minimum Gasteiger partial charge on any atom is -0.324 e. The molecule has 0 heterocycles. The summed E-state index contributed by atoms with van der Waals surface area (Å²) in [5, 5.41) is 3.10. The predicted octanol–water partition coefficient (Wildman–Crippen LogP) is 4.16. The highest BCUT2D eigenvalue weighted by atomic mass is 16.2. The molecule has 3 rings (SSSR count). The van der Waals surface area contributed by atoms with Crippen LogP contribution >= 0.6 is 0 Å². The molecule has 1 amide bonds. The minimum atomic E-state index is 0.0639. The first kappa shape index (κ1) is 15.8. The smallest absolute Gasteiger partial charge is 0.238 e. The predicted molar refractivity (Wildman–Crippen MR) is 95.4 cm³/mol. The fourth-order valence-electron chi connectivity index (χ4n) is 2.96. The first-order chi connectivity index (χ1) is 11.1. The maximum absolute atomic E-state index is 12.5. The first-order valence-electron chi connectivity index (χ1n) is 8.35. The summed E-state index contributed by atoms with van der Waals surface area (Å²) in [5.41, 5.74) is 3.05. The molecule has 1 fully saturated rings. The van der Waals surface area contributed by atoms with Gasteiger partial charge in [-0.3, -0.25) is 9.69 Å². The third-order valence-corrected chi connectivity index (χ3v) is 4.29. The van der Waals surface area contributed by atoms with Crippen molar-refractivity contribution in [2.75, 3.05) is 11.9 Å². The van der Waals surface area contributed by atoms with Gasteiger partial charge in [0.25, 0.3) is 0 Å². The van der Waals surface area contributed by atoms with Crippen molar-refractivity contribution in [2.24, 2.45) is 0 Å². The van der Waals surface area contributed by atoms with Crippen LogP contribution in [0.1, 0.15) is 26.7 Å². The number of benzene rings is 2. The highest BCUT2D eigenvalue weighted by Gasteiger charge is 2.31. The number of hydrogen-bond acceptors (Lipinski definition) is 2. The van der Waals surface area contributed by atoms with Crippen molar-refractivity contribution in [3.63, 3.8) is 0 Å². The maximum Gasteiger partial charge on any atom is 0.238 e. The summed E-state index contributed by atoms with van der Waals surface area (Å²) in [6, 6.07) is 19.1. The Bertz CT molecular complexity index is 660. The Morgan fingerprint density at radius 2 is 1.74 bits per heavy atom. The quantitative estimate of drug-likeness (QED) is 0.869. The van der Waals surface area contributed by atoms with Crippen molar-refractivity contribution in [3.05, 3.63) is 54.6 Å². The molecular formula is C20H24N2O. The zero-order valence-electron chi connectivity index (χ0n) is 13.8. The number of hydrogen-bond donors (Lipinski definition) is 1. The van der Waals surface area contributed by atoms with Crippen LogP contribution in [0.2, 0.25) is 0 Å². The number of anilines is 1. The van der Waals surface area contributed by atoms with E-state index in [1.165, 1.54) is 12.8 Å². The van der Waals surface area contributed by atoms with E-state index in [1.54, 1.807) is 0 Å². The van der Waals surface area contributed by atoms with Crippen LogP contribution in [-0.4, -0.2) is 29.4 Å². The average molecular weight is 308 g/mol. The highest BCUT2D eigenvalue weighted by Crippen LogP contribution is 2.29. The Balaban J connectivity index is 1.74. The molecule has 3 heteroatoms. The van der Waals surface area contributed by atoms with Gasteiger partial charge in [0, 0.05) is 23.3 Å².